The van der Waals surface area contributed by atoms with Crippen molar-refractivity contribution in [1.82, 2.24) is 20.8 Å². The van der Waals surface area contributed by atoms with Gasteiger partial charge in [-0.1, -0.05) is 11.2 Å². The number of aromatic nitrogens is 2. The van der Waals surface area contributed by atoms with Crippen LogP contribution in [-0.4, -0.2) is 36.0 Å². The molecule has 0 unspecified atom stereocenters. The Morgan fingerprint density at radius 2 is 2.08 bits per heavy atom. The van der Waals surface area contributed by atoms with E-state index in [0.717, 1.165) is 49.0 Å². The zero-order chi connectivity index (χ0) is 17.5. The van der Waals surface area contributed by atoms with Gasteiger partial charge in [0.2, 0.25) is 12.7 Å². The number of aryl methyl sites for hydroxylation is 2. The third kappa shape index (κ3) is 5.75. The molecule has 0 atom stereocenters. The van der Waals surface area contributed by atoms with Crippen molar-refractivity contribution in [2.75, 3.05) is 19.9 Å². The minimum absolute atomic E-state index is 0. The number of hydrogen-bond donors (Lipinski definition) is 2. The first-order valence-corrected chi connectivity index (χ1v) is 8.44. The molecule has 2 N–H and O–H groups in total. The molecule has 3 rings (SSSR count). The smallest absolute Gasteiger partial charge is 0.231 e. The van der Waals surface area contributed by atoms with E-state index in [-0.39, 0.29) is 30.8 Å². The minimum atomic E-state index is 0. The highest BCUT2D eigenvalue weighted by Crippen LogP contribution is 2.32. The molecule has 2 aromatic rings. The number of halogens is 1. The molecule has 0 amide bonds. The summed E-state index contributed by atoms with van der Waals surface area (Å²) in [5.74, 6) is 3.68. The average molecular weight is 473 g/mol. The van der Waals surface area contributed by atoms with Gasteiger partial charge < -0.3 is 24.6 Å². The molecule has 1 aliphatic heterocycles. The van der Waals surface area contributed by atoms with Crippen molar-refractivity contribution in [3.05, 3.63) is 35.5 Å². The number of guanidine groups is 1. The Bertz CT molecular complexity index is 735. The van der Waals surface area contributed by atoms with Crippen molar-refractivity contribution in [2.45, 2.75) is 33.2 Å². The molecule has 0 radical (unpaired) electrons. The van der Waals surface area contributed by atoms with Gasteiger partial charge in [0, 0.05) is 19.5 Å². The van der Waals surface area contributed by atoms with Crippen LogP contribution < -0.4 is 20.1 Å². The van der Waals surface area contributed by atoms with Crippen LogP contribution in [0.5, 0.6) is 11.5 Å². The lowest BCUT2D eigenvalue weighted by Crippen LogP contribution is -2.37. The molecule has 1 aliphatic rings. The van der Waals surface area contributed by atoms with Crippen LogP contribution in [0.1, 0.15) is 30.6 Å². The Morgan fingerprint density at radius 3 is 2.85 bits per heavy atom. The van der Waals surface area contributed by atoms with Gasteiger partial charge in [0.05, 0.1) is 6.54 Å². The van der Waals surface area contributed by atoms with Gasteiger partial charge >= 0.3 is 0 Å². The maximum Gasteiger partial charge on any atom is 0.231 e. The van der Waals surface area contributed by atoms with Crippen LogP contribution in [0.3, 0.4) is 0 Å². The molecular weight excluding hydrogens is 449 g/mol. The first-order chi connectivity index (χ1) is 12.2. The van der Waals surface area contributed by atoms with Gasteiger partial charge in [-0.3, -0.25) is 0 Å². The molecule has 9 heteroatoms. The van der Waals surface area contributed by atoms with E-state index < -0.39 is 0 Å². The second-order valence-corrected chi connectivity index (χ2v) is 5.65. The fourth-order valence-electron chi connectivity index (χ4n) is 2.44. The fourth-order valence-corrected chi connectivity index (χ4v) is 2.44. The number of nitrogens with zero attached hydrogens (tertiary/aromatic N) is 3. The molecule has 26 heavy (non-hydrogen) atoms. The van der Waals surface area contributed by atoms with Crippen LogP contribution in [0.4, 0.5) is 0 Å². The topological polar surface area (TPSA) is 93.8 Å². The first kappa shape index (κ1) is 20.3. The average Bonchev–Trinajstić information content (AvgIpc) is 3.24. The quantitative estimate of drug-likeness (QED) is 0.276. The van der Waals surface area contributed by atoms with E-state index in [1.807, 2.05) is 32.0 Å². The molecule has 1 aromatic carbocycles. The lowest BCUT2D eigenvalue weighted by molar-refractivity contribution is 0.174. The highest BCUT2D eigenvalue weighted by atomic mass is 127. The molecule has 0 aliphatic carbocycles. The first-order valence-electron chi connectivity index (χ1n) is 8.44. The Labute approximate surface area is 169 Å². The van der Waals surface area contributed by atoms with E-state index in [2.05, 4.69) is 25.8 Å². The molecule has 0 saturated carbocycles. The molecule has 1 aromatic heterocycles. The standard InChI is InChI=1S/C17H23N5O3.HI/c1-3-18-17(19-8-4-5-16-21-12(2)22-25-16)20-10-13-6-7-14-15(9-13)24-11-23-14;/h6-7,9H,3-5,8,10-11H2,1-2H3,(H2,18,19,20);1H. The van der Waals surface area contributed by atoms with Gasteiger partial charge in [0.1, 0.15) is 0 Å². The SMILES string of the molecule is CCNC(=NCc1ccc2c(c1)OCO2)NCCCc1nc(C)no1.I. The lowest BCUT2D eigenvalue weighted by Gasteiger charge is -2.11. The summed E-state index contributed by atoms with van der Waals surface area (Å²) in [6, 6.07) is 5.88. The van der Waals surface area contributed by atoms with E-state index in [9.17, 15) is 0 Å². The second-order valence-electron chi connectivity index (χ2n) is 5.65. The summed E-state index contributed by atoms with van der Waals surface area (Å²) in [4.78, 5) is 8.80. The summed E-state index contributed by atoms with van der Waals surface area (Å²) in [6.45, 7) is 6.28. The molecule has 0 fully saturated rings. The number of ether oxygens (including phenoxy) is 2. The van der Waals surface area contributed by atoms with Crippen molar-refractivity contribution in [2.24, 2.45) is 4.99 Å². The summed E-state index contributed by atoms with van der Waals surface area (Å²) in [6.07, 6.45) is 1.63. The normalized spacial score (nSPS) is 12.6. The van der Waals surface area contributed by atoms with Crippen LogP contribution in [0, 0.1) is 6.92 Å². The second kappa shape index (κ2) is 10.2. The number of nitrogens with one attached hydrogen (secondary N) is 2. The van der Waals surface area contributed by atoms with Gasteiger partial charge in [-0.05, 0) is 38.0 Å². The number of benzene rings is 1. The third-order valence-electron chi connectivity index (χ3n) is 3.63. The summed E-state index contributed by atoms with van der Waals surface area (Å²) in [7, 11) is 0. The van der Waals surface area contributed by atoms with E-state index in [4.69, 9.17) is 14.0 Å². The molecule has 0 saturated heterocycles. The van der Waals surface area contributed by atoms with E-state index in [1.54, 1.807) is 0 Å². The van der Waals surface area contributed by atoms with Gasteiger partial charge in [-0.2, -0.15) is 4.98 Å². The summed E-state index contributed by atoms with van der Waals surface area (Å²) >= 11 is 0. The third-order valence-corrected chi connectivity index (χ3v) is 3.63. The van der Waals surface area contributed by atoms with Gasteiger partial charge in [-0.15, -0.1) is 24.0 Å². The number of aliphatic imine (C=N–C) groups is 1. The highest BCUT2D eigenvalue weighted by Gasteiger charge is 2.13. The monoisotopic (exact) mass is 473 g/mol. The number of hydrogen-bond acceptors (Lipinski definition) is 6. The van der Waals surface area contributed by atoms with Crippen molar-refractivity contribution in [3.63, 3.8) is 0 Å². The van der Waals surface area contributed by atoms with Crippen molar-refractivity contribution < 1.29 is 14.0 Å². The van der Waals surface area contributed by atoms with Crippen LogP contribution >= 0.6 is 24.0 Å². The largest absolute Gasteiger partial charge is 0.454 e. The lowest BCUT2D eigenvalue weighted by atomic mass is 10.2. The Balaban J connectivity index is 0.00000243. The molecule has 142 valence electrons. The maximum absolute atomic E-state index is 5.39. The Morgan fingerprint density at radius 1 is 1.23 bits per heavy atom. The highest BCUT2D eigenvalue weighted by molar-refractivity contribution is 14.0. The maximum atomic E-state index is 5.39. The summed E-state index contributed by atoms with van der Waals surface area (Å²) in [5.41, 5.74) is 1.07. The van der Waals surface area contributed by atoms with Crippen LogP contribution in [0.25, 0.3) is 0 Å². The molecular formula is C17H24IN5O3. The summed E-state index contributed by atoms with van der Waals surface area (Å²) in [5, 5.41) is 10.3. The molecule has 8 nitrogen and oxygen atoms in total. The molecule has 2 heterocycles. The molecule has 0 bridgehead atoms. The minimum Gasteiger partial charge on any atom is -0.454 e. The zero-order valence-corrected chi connectivity index (χ0v) is 17.3. The molecule has 0 spiro atoms. The van der Waals surface area contributed by atoms with Crippen molar-refractivity contribution in [3.8, 4) is 11.5 Å². The fraction of sp³-hybridized carbons (Fsp3) is 0.471. The Hall–Kier alpha value is -2.04. The van der Waals surface area contributed by atoms with Gasteiger partial charge in [-0.25, -0.2) is 4.99 Å². The predicted octanol–water partition coefficient (Wildman–Crippen LogP) is 2.41. The van der Waals surface area contributed by atoms with Crippen molar-refractivity contribution in [1.29, 1.82) is 0 Å². The van der Waals surface area contributed by atoms with Crippen LogP contribution in [0.15, 0.2) is 27.7 Å². The predicted molar refractivity (Wildman–Crippen MR) is 108 cm³/mol. The van der Waals surface area contributed by atoms with Crippen LogP contribution in [-0.2, 0) is 13.0 Å². The van der Waals surface area contributed by atoms with Crippen molar-refractivity contribution >= 4 is 29.9 Å². The number of fused-ring (bicyclic) bond motifs is 1. The Kier molecular flexibility index (Phi) is 7.95. The van der Waals surface area contributed by atoms with Gasteiger partial charge in [0.15, 0.2) is 23.3 Å². The van der Waals surface area contributed by atoms with E-state index in [1.165, 1.54) is 0 Å². The van der Waals surface area contributed by atoms with Gasteiger partial charge in [0.25, 0.3) is 0 Å². The van der Waals surface area contributed by atoms with Crippen LogP contribution in [0.2, 0.25) is 0 Å². The summed E-state index contributed by atoms with van der Waals surface area (Å²) < 4.78 is 15.8. The van der Waals surface area contributed by atoms with E-state index in [0.29, 0.717) is 18.3 Å². The number of rotatable bonds is 7. The van der Waals surface area contributed by atoms with E-state index >= 15 is 0 Å². The zero-order valence-electron chi connectivity index (χ0n) is 14.9.